The van der Waals surface area contributed by atoms with E-state index in [2.05, 4.69) is 0 Å². The van der Waals surface area contributed by atoms with Gasteiger partial charge in [0.2, 0.25) is 0 Å². The van der Waals surface area contributed by atoms with E-state index in [1.165, 1.54) is 6.92 Å². The van der Waals surface area contributed by atoms with E-state index in [0.717, 1.165) is 0 Å². The van der Waals surface area contributed by atoms with Crippen LogP contribution in [0.1, 0.15) is 17.3 Å². The summed E-state index contributed by atoms with van der Waals surface area (Å²) < 4.78 is 4.77. The Balaban J connectivity index is 2.97. The zero-order valence-corrected chi connectivity index (χ0v) is 6.70. The topological polar surface area (TPSA) is 26.3 Å². The Kier molecular flexibility index (Phi) is 2.49. The first kappa shape index (κ1) is 8.35. The average Bonchev–Trinajstić information content (AvgIpc) is 2.05. The van der Waals surface area contributed by atoms with Gasteiger partial charge in [0.1, 0.15) is 11.9 Å². The maximum atomic E-state index is 10.9. The molecule has 0 aliphatic carbocycles. The highest BCUT2D eigenvalue weighted by Gasteiger charge is 1.99. The summed E-state index contributed by atoms with van der Waals surface area (Å²) in [7, 11) is 0. The number of terminal acetylenes is 1. The summed E-state index contributed by atoms with van der Waals surface area (Å²) in [6, 6.07) is 6.75. The van der Waals surface area contributed by atoms with Gasteiger partial charge in [0.05, 0.1) is 0 Å². The molecule has 0 saturated heterocycles. The molecule has 0 saturated carbocycles. The van der Waals surface area contributed by atoms with Crippen molar-refractivity contribution in [2.75, 3.05) is 0 Å². The fraction of sp³-hybridized carbons (Fsp3) is 0.100. The lowest BCUT2D eigenvalue weighted by molar-refractivity contribution is 0.101. The van der Waals surface area contributed by atoms with Crippen molar-refractivity contribution in [2.24, 2.45) is 0 Å². The zero-order chi connectivity index (χ0) is 8.97. The lowest BCUT2D eigenvalue weighted by Crippen LogP contribution is -1.92. The van der Waals surface area contributed by atoms with E-state index in [4.69, 9.17) is 11.2 Å². The van der Waals surface area contributed by atoms with Crippen LogP contribution in [0.3, 0.4) is 0 Å². The first-order chi connectivity index (χ1) is 5.74. The average molecular weight is 160 g/mol. The Morgan fingerprint density at radius 2 is 2.33 bits per heavy atom. The molecule has 60 valence electrons. The third-order valence-electron chi connectivity index (χ3n) is 1.42. The molecule has 12 heavy (non-hydrogen) atoms. The largest absolute Gasteiger partial charge is 0.408 e. The first-order valence-electron chi connectivity index (χ1n) is 3.47. The number of benzene rings is 1. The molecule has 0 aliphatic heterocycles. The minimum atomic E-state index is -0.00234. The number of hydrogen-bond acceptors (Lipinski definition) is 2. The highest BCUT2D eigenvalue weighted by atomic mass is 16.5. The molecule has 0 bridgehead atoms. The third kappa shape index (κ3) is 1.86. The zero-order valence-electron chi connectivity index (χ0n) is 6.70. The molecule has 0 aromatic heterocycles. The number of rotatable bonds is 2. The van der Waals surface area contributed by atoms with Crippen molar-refractivity contribution in [2.45, 2.75) is 6.92 Å². The summed E-state index contributed by atoms with van der Waals surface area (Å²) >= 11 is 0. The number of hydrogen-bond donors (Lipinski definition) is 0. The van der Waals surface area contributed by atoms with Crippen LogP contribution in [-0.4, -0.2) is 5.78 Å². The number of ether oxygens (including phenoxy) is 1. The second-order valence-electron chi connectivity index (χ2n) is 2.30. The standard InChI is InChI=1S/C10H8O2/c1-3-12-10-6-4-5-9(7-10)8(2)11/h1,4-7H,2H3. The van der Waals surface area contributed by atoms with Gasteiger partial charge in [-0.05, 0) is 19.1 Å². The predicted octanol–water partition coefficient (Wildman–Crippen LogP) is 1.86. The van der Waals surface area contributed by atoms with Gasteiger partial charge < -0.3 is 4.74 Å². The Morgan fingerprint density at radius 3 is 2.92 bits per heavy atom. The van der Waals surface area contributed by atoms with E-state index in [1.54, 1.807) is 24.3 Å². The molecule has 0 amide bonds. The Hall–Kier alpha value is -1.75. The van der Waals surface area contributed by atoms with Crippen molar-refractivity contribution in [1.82, 2.24) is 0 Å². The van der Waals surface area contributed by atoms with Crippen LogP contribution in [0.25, 0.3) is 0 Å². The fourth-order valence-corrected chi connectivity index (χ4v) is 0.847. The Bertz CT molecular complexity index is 334. The van der Waals surface area contributed by atoms with Crippen LogP contribution in [0.2, 0.25) is 0 Å². The summed E-state index contributed by atoms with van der Waals surface area (Å²) in [6.45, 7) is 1.50. The smallest absolute Gasteiger partial charge is 0.159 e. The molecule has 0 N–H and O–H groups in total. The van der Waals surface area contributed by atoms with Gasteiger partial charge in [0, 0.05) is 5.56 Å². The van der Waals surface area contributed by atoms with E-state index in [9.17, 15) is 4.79 Å². The minimum Gasteiger partial charge on any atom is -0.408 e. The SMILES string of the molecule is C#COc1cccc(C(C)=O)c1. The summed E-state index contributed by atoms with van der Waals surface area (Å²) in [5.74, 6) is 0.516. The minimum absolute atomic E-state index is 0.00234. The molecule has 2 nitrogen and oxygen atoms in total. The number of carbonyl (C=O) groups excluding carboxylic acids is 1. The number of Topliss-reactive ketones (excluding diaryl/α,β-unsaturated/α-hetero) is 1. The van der Waals surface area contributed by atoms with Crippen LogP contribution >= 0.6 is 0 Å². The molecule has 2 heteroatoms. The Morgan fingerprint density at radius 1 is 1.58 bits per heavy atom. The van der Waals surface area contributed by atoms with Crippen molar-refractivity contribution in [1.29, 1.82) is 0 Å². The van der Waals surface area contributed by atoms with E-state index in [0.29, 0.717) is 11.3 Å². The highest BCUT2D eigenvalue weighted by Crippen LogP contribution is 2.12. The van der Waals surface area contributed by atoms with Gasteiger partial charge in [-0.3, -0.25) is 4.79 Å². The van der Waals surface area contributed by atoms with Crippen LogP contribution < -0.4 is 4.74 Å². The first-order valence-corrected chi connectivity index (χ1v) is 3.47. The molecule has 1 aromatic rings. The number of carbonyl (C=O) groups is 1. The second-order valence-corrected chi connectivity index (χ2v) is 2.30. The maximum absolute atomic E-state index is 10.9. The van der Waals surface area contributed by atoms with Gasteiger partial charge in [0.15, 0.2) is 5.78 Å². The summed E-state index contributed by atoms with van der Waals surface area (Å²) in [5, 5.41) is 0. The molecule has 0 heterocycles. The van der Waals surface area contributed by atoms with Crippen LogP contribution in [0.4, 0.5) is 0 Å². The van der Waals surface area contributed by atoms with Crippen LogP contribution in [0.5, 0.6) is 5.75 Å². The van der Waals surface area contributed by atoms with E-state index < -0.39 is 0 Å². The lowest BCUT2D eigenvalue weighted by atomic mass is 10.1. The monoisotopic (exact) mass is 160 g/mol. The van der Waals surface area contributed by atoms with Crippen molar-refractivity contribution in [3.63, 3.8) is 0 Å². The molecule has 0 fully saturated rings. The third-order valence-corrected chi connectivity index (χ3v) is 1.42. The summed E-state index contributed by atoms with van der Waals surface area (Å²) in [4.78, 5) is 10.9. The normalized spacial score (nSPS) is 8.67. The van der Waals surface area contributed by atoms with Gasteiger partial charge >= 0.3 is 0 Å². The van der Waals surface area contributed by atoms with Gasteiger partial charge in [-0.15, -0.1) is 0 Å². The highest BCUT2D eigenvalue weighted by molar-refractivity contribution is 5.94. The molecular weight excluding hydrogens is 152 g/mol. The van der Waals surface area contributed by atoms with Gasteiger partial charge in [0.25, 0.3) is 0 Å². The molecule has 0 atom stereocenters. The van der Waals surface area contributed by atoms with Gasteiger partial charge in [-0.2, -0.15) is 0 Å². The van der Waals surface area contributed by atoms with Crippen molar-refractivity contribution in [3.05, 3.63) is 29.8 Å². The quantitative estimate of drug-likeness (QED) is 0.487. The predicted molar refractivity (Wildman–Crippen MR) is 45.9 cm³/mol. The second kappa shape index (κ2) is 3.59. The van der Waals surface area contributed by atoms with Crippen LogP contribution in [-0.2, 0) is 0 Å². The summed E-state index contributed by atoms with van der Waals surface area (Å²) in [5.41, 5.74) is 0.600. The van der Waals surface area contributed by atoms with E-state index >= 15 is 0 Å². The van der Waals surface area contributed by atoms with E-state index in [1.807, 2.05) is 6.11 Å². The van der Waals surface area contributed by atoms with Crippen LogP contribution in [0, 0.1) is 12.5 Å². The summed E-state index contributed by atoms with van der Waals surface area (Å²) in [6.07, 6.45) is 6.97. The van der Waals surface area contributed by atoms with Gasteiger partial charge in [-0.1, -0.05) is 18.6 Å². The van der Waals surface area contributed by atoms with Crippen molar-refractivity contribution < 1.29 is 9.53 Å². The van der Waals surface area contributed by atoms with Crippen molar-refractivity contribution >= 4 is 5.78 Å². The molecule has 0 spiro atoms. The van der Waals surface area contributed by atoms with E-state index in [-0.39, 0.29) is 5.78 Å². The van der Waals surface area contributed by atoms with Gasteiger partial charge in [-0.25, -0.2) is 0 Å². The van der Waals surface area contributed by atoms with Crippen molar-refractivity contribution in [3.8, 4) is 18.3 Å². The number of ketones is 1. The molecular formula is C10H8O2. The molecule has 1 rings (SSSR count). The maximum Gasteiger partial charge on any atom is 0.159 e. The fourth-order valence-electron chi connectivity index (χ4n) is 0.847. The molecule has 0 radical (unpaired) electrons. The molecule has 1 aromatic carbocycles. The molecule has 0 unspecified atom stereocenters. The Labute approximate surface area is 71.2 Å². The lowest BCUT2D eigenvalue weighted by Gasteiger charge is -1.98. The van der Waals surface area contributed by atoms with Crippen LogP contribution in [0.15, 0.2) is 24.3 Å². The molecule has 0 aliphatic rings.